The van der Waals surface area contributed by atoms with Gasteiger partial charge in [0.2, 0.25) is 0 Å². The quantitative estimate of drug-likeness (QED) is 0.408. The van der Waals surface area contributed by atoms with Gasteiger partial charge in [-0.3, -0.25) is 0 Å². The van der Waals surface area contributed by atoms with E-state index in [0.717, 1.165) is 0 Å². The van der Waals surface area contributed by atoms with Gasteiger partial charge in [-0.05, 0) is 18.2 Å². The largest absolute Gasteiger partial charge is 0.625 e. The van der Waals surface area contributed by atoms with Crippen LogP contribution < -0.4 is 5.16 Å². The Labute approximate surface area is 83.1 Å². The summed E-state index contributed by atoms with van der Waals surface area (Å²) in [5, 5.41) is 12.7. The molecule has 0 aliphatic heterocycles. The predicted octanol–water partition coefficient (Wildman–Crippen LogP) is 1.24. The summed E-state index contributed by atoms with van der Waals surface area (Å²) in [6.45, 7) is 5.70. The van der Waals surface area contributed by atoms with Crippen molar-refractivity contribution in [3.63, 3.8) is 0 Å². The summed E-state index contributed by atoms with van der Waals surface area (Å²) in [7, 11) is 0. The van der Waals surface area contributed by atoms with Crippen LogP contribution in [0, 0.1) is 16.4 Å². The van der Waals surface area contributed by atoms with E-state index in [-0.39, 0.29) is 11.2 Å². The van der Waals surface area contributed by atoms with Crippen molar-refractivity contribution < 1.29 is 9.55 Å². The summed E-state index contributed by atoms with van der Waals surface area (Å²) >= 11 is 0. The lowest BCUT2D eigenvalue weighted by atomic mass is 9.86. The van der Waals surface area contributed by atoms with Gasteiger partial charge in [0.05, 0.1) is 0 Å². The van der Waals surface area contributed by atoms with Crippen molar-refractivity contribution >= 4 is 5.71 Å². The van der Waals surface area contributed by atoms with Crippen LogP contribution in [0.15, 0.2) is 24.3 Å². The minimum absolute atomic E-state index is 0.310. The molecule has 0 unspecified atom stereocenters. The molecule has 1 aromatic carbocycles. The smallest absolute Gasteiger partial charge is 0.197 e. The monoisotopic (exact) mass is 195 g/mol. The minimum atomic E-state index is -0.334. The summed E-state index contributed by atoms with van der Waals surface area (Å²) in [5.74, 6) is -0.334. The third-order valence-corrected chi connectivity index (χ3v) is 1.97. The molecule has 0 aromatic heterocycles. The average Bonchev–Trinajstić information content (AvgIpc) is 2.02. The van der Waals surface area contributed by atoms with Gasteiger partial charge < -0.3 is 5.21 Å². The highest BCUT2D eigenvalue weighted by molar-refractivity contribution is 5.99. The average molecular weight is 195 g/mol. The molecule has 0 aliphatic rings. The van der Waals surface area contributed by atoms with Crippen LogP contribution in [0.5, 0.6) is 0 Å². The first-order valence-electron chi connectivity index (χ1n) is 4.46. The number of nitrogens with one attached hydrogen (secondary N) is 1. The summed E-state index contributed by atoms with van der Waals surface area (Å²) in [6, 6.07) is 6.02. The Morgan fingerprint density at radius 1 is 1.36 bits per heavy atom. The maximum absolute atomic E-state index is 12.9. The first-order chi connectivity index (χ1) is 6.45. The van der Waals surface area contributed by atoms with E-state index in [1.165, 1.54) is 12.1 Å². The zero-order valence-corrected chi connectivity index (χ0v) is 8.60. The Balaban J connectivity index is 3.16. The normalized spacial score (nSPS) is 13.0. The molecule has 0 saturated heterocycles. The molecule has 0 heterocycles. The van der Waals surface area contributed by atoms with E-state index in [1.807, 2.05) is 25.9 Å². The molecule has 3 heteroatoms. The summed E-state index contributed by atoms with van der Waals surface area (Å²) < 4.78 is 12.9. The summed E-state index contributed by atoms with van der Waals surface area (Å²) in [6.07, 6.45) is 0. The van der Waals surface area contributed by atoms with Gasteiger partial charge >= 0.3 is 0 Å². The van der Waals surface area contributed by atoms with Gasteiger partial charge in [0.15, 0.2) is 5.71 Å². The van der Waals surface area contributed by atoms with Crippen LogP contribution in [0.1, 0.15) is 26.3 Å². The summed E-state index contributed by atoms with van der Waals surface area (Å²) in [5.41, 5.74) is 0.791. The zero-order valence-electron chi connectivity index (χ0n) is 8.60. The van der Waals surface area contributed by atoms with E-state index in [1.54, 1.807) is 12.1 Å². The Morgan fingerprint density at radius 3 is 2.43 bits per heavy atom. The van der Waals surface area contributed by atoms with Crippen molar-refractivity contribution in [1.82, 2.24) is 0 Å². The van der Waals surface area contributed by atoms with Gasteiger partial charge in [0.25, 0.3) is 0 Å². The molecule has 0 aliphatic carbocycles. The van der Waals surface area contributed by atoms with E-state index in [4.69, 9.17) is 0 Å². The van der Waals surface area contributed by atoms with Crippen molar-refractivity contribution in [2.75, 3.05) is 0 Å². The van der Waals surface area contributed by atoms with E-state index >= 15 is 0 Å². The Morgan fingerprint density at radius 2 is 2.00 bits per heavy atom. The lowest BCUT2D eigenvalue weighted by Crippen LogP contribution is -2.69. The molecule has 1 aromatic rings. The second kappa shape index (κ2) is 3.78. The molecular weight excluding hydrogens is 181 g/mol. The first kappa shape index (κ1) is 10.7. The third kappa shape index (κ3) is 2.31. The molecule has 0 atom stereocenters. The molecule has 76 valence electrons. The lowest BCUT2D eigenvalue weighted by molar-refractivity contribution is -0.377. The zero-order chi connectivity index (χ0) is 10.8. The molecule has 0 amide bonds. The van der Waals surface area contributed by atoms with Gasteiger partial charge in [-0.2, -0.15) is 0 Å². The number of halogens is 1. The Bertz CT molecular complexity index is 353. The molecule has 0 fully saturated rings. The molecule has 0 bridgehead atoms. The standard InChI is InChI=1S/C11H14FNO/c1-11(2,3)10(13-14)8-5-4-6-9(12)7-8/h4-7,13H,1-3H3. The van der Waals surface area contributed by atoms with Crippen molar-refractivity contribution in [3.8, 4) is 0 Å². The van der Waals surface area contributed by atoms with Crippen molar-refractivity contribution in [2.24, 2.45) is 5.41 Å². The van der Waals surface area contributed by atoms with Crippen molar-refractivity contribution in [2.45, 2.75) is 20.8 Å². The summed E-state index contributed by atoms with van der Waals surface area (Å²) in [4.78, 5) is 0. The number of rotatable bonds is 1. The van der Waals surface area contributed by atoms with Gasteiger partial charge in [-0.15, -0.1) is 0 Å². The minimum Gasteiger partial charge on any atom is -0.625 e. The topological polar surface area (TPSA) is 37.0 Å². The fourth-order valence-electron chi connectivity index (χ4n) is 1.29. The highest BCUT2D eigenvalue weighted by Crippen LogP contribution is 2.19. The number of hydrogen-bond donors (Lipinski definition) is 1. The Hall–Kier alpha value is -1.38. The molecule has 0 saturated carbocycles. The highest BCUT2D eigenvalue weighted by atomic mass is 19.1. The first-order valence-corrected chi connectivity index (χ1v) is 4.46. The third-order valence-electron chi connectivity index (χ3n) is 1.97. The van der Waals surface area contributed by atoms with Crippen LogP contribution in [-0.4, -0.2) is 5.71 Å². The van der Waals surface area contributed by atoms with Crippen molar-refractivity contribution in [1.29, 1.82) is 0 Å². The van der Waals surface area contributed by atoms with Crippen LogP contribution in [0.4, 0.5) is 4.39 Å². The van der Waals surface area contributed by atoms with Crippen LogP contribution >= 0.6 is 0 Å². The molecular formula is C11H14FNO. The molecule has 0 spiro atoms. The SMILES string of the molecule is CC(C)(C)C(=[NH+][O-])c1cccc(F)c1. The second-order valence-corrected chi connectivity index (χ2v) is 4.24. The second-order valence-electron chi connectivity index (χ2n) is 4.24. The number of benzene rings is 1. The number of hydrogen-bond acceptors (Lipinski definition) is 1. The van der Waals surface area contributed by atoms with Crippen molar-refractivity contribution in [3.05, 3.63) is 40.9 Å². The fraction of sp³-hybridized carbons (Fsp3) is 0.364. The van der Waals surface area contributed by atoms with Crippen LogP contribution in [0.3, 0.4) is 0 Å². The van der Waals surface area contributed by atoms with Gasteiger partial charge in [-0.1, -0.05) is 26.8 Å². The predicted molar refractivity (Wildman–Crippen MR) is 54.3 cm³/mol. The van der Waals surface area contributed by atoms with E-state index < -0.39 is 0 Å². The lowest BCUT2D eigenvalue weighted by Gasteiger charge is -2.16. The maximum Gasteiger partial charge on any atom is 0.197 e. The molecule has 14 heavy (non-hydrogen) atoms. The van der Waals surface area contributed by atoms with Crippen LogP contribution in [0.25, 0.3) is 0 Å². The molecule has 1 N–H and O–H groups in total. The van der Waals surface area contributed by atoms with Gasteiger partial charge in [0, 0.05) is 11.0 Å². The van der Waals surface area contributed by atoms with Crippen LogP contribution in [0.2, 0.25) is 0 Å². The molecule has 2 nitrogen and oxygen atoms in total. The van der Waals surface area contributed by atoms with E-state index in [9.17, 15) is 9.60 Å². The van der Waals surface area contributed by atoms with Gasteiger partial charge in [-0.25, -0.2) is 9.55 Å². The van der Waals surface area contributed by atoms with Gasteiger partial charge in [0.1, 0.15) is 5.82 Å². The fourth-order valence-corrected chi connectivity index (χ4v) is 1.29. The van der Waals surface area contributed by atoms with E-state index in [2.05, 4.69) is 0 Å². The molecule has 1 rings (SSSR count). The highest BCUT2D eigenvalue weighted by Gasteiger charge is 2.25. The van der Waals surface area contributed by atoms with Crippen LogP contribution in [-0.2, 0) is 0 Å². The Kier molecular flexibility index (Phi) is 2.89. The maximum atomic E-state index is 12.9. The van der Waals surface area contributed by atoms with E-state index in [0.29, 0.717) is 11.3 Å². The molecule has 0 radical (unpaired) electrons.